The van der Waals surface area contributed by atoms with E-state index in [0.29, 0.717) is 49.8 Å². The van der Waals surface area contributed by atoms with E-state index >= 15 is 0 Å². The highest BCUT2D eigenvalue weighted by Gasteiger charge is 2.34. The Hall–Kier alpha value is -4.58. The minimum atomic E-state index is -0.648. The number of nitrogens with one attached hydrogen (secondary N) is 1. The summed E-state index contributed by atoms with van der Waals surface area (Å²) in [5.74, 6) is 0.199. The van der Waals surface area contributed by atoms with Crippen LogP contribution in [0.3, 0.4) is 0 Å². The molecule has 3 aromatic rings. The molecule has 0 fully saturated rings. The Labute approximate surface area is 219 Å². The molecule has 2 amide bonds. The van der Waals surface area contributed by atoms with Crippen LogP contribution >= 0.6 is 0 Å². The van der Waals surface area contributed by atoms with E-state index < -0.39 is 17.8 Å². The first-order valence-electron chi connectivity index (χ1n) is 12.3. The molecule has 1 atom stereocenters. The summed E-state index contributed by atoms with van der Waals surface area (Å²) in [4.78, 5) is 27.7. The molecular formula is C29H26FN3O5. The van der Waals surface area contributed by atoms with Gasteiger partial charge in [0.15, 0.2) is 18.1 Å². The van der Waals surface area contributed by atoms with Crippen LogP contribution in [0.1, 0.15) is 45.1 Å². The molecule has 38 heavy (non-hydrogen) atoms. The van der Waals surface area contributed by atoms with Crippen LogP contribution in [-0.4, -0.2) is 50.1 Å². The van der Waals surface area contributed by atoms with Gasteiger partial charge in [0.2, 0.25) is 0 Å². The monoisotopic (exact) mass is 515 g/mol. The molecule has 3 aliphatic rings. The molecule has 3 aromatic carbocycles. The Morgan fingerprint density at radius 2 is 2.05 bits per heavy atom. The number of amides is 2. The summed E-state index contributed by atoms with van der Waals surface area (Å²) in [6.07, 6.45) is 1.10. The van der Waals surface area contributed by atoms with E-state index in [9.17, 15) is 19.2 Å². The first-order valence-corrected chi connectivity index (χ1v) is 12.3. The standard InChI is InChI=1S/C29H26FN3O5/c1-36-25-15-24-19-6-8-33(29(35)21-10-18(16-31)11-22(30)12-21)28(24)20-4-2-5-23(13-20)37-9-3-7-32-27(34)17-38-26(25)14-19/h2,4-5,10-15,28H,3,6-9,17H2,1H3,(H,32,34). The Morgan fingerprint density at radius 3 is 2.87 bits per heavy atom. The lowest BCUT2D eigenvalue weighted by atomic mass is 9.87. The molecule has 3 aliphatic heterocycles. The fourth-order valence-corrected chi connectivity index (χ4v) is 4.88. The molecule has 6 bridgehead atoms. The SMILES string of the molecule is COc1cc2c3cc1OCC(=O)NCCCOc1cccc(c1)C2N(C(=O)c1cc(F)cc(C#N)c1)CC3. The lowest BCUT2D eigenvalue weighted by molar-refractivity contribution is -0.123. The number of methoxy groups -OCH3 is 1. The molecule has 0 radical (unpaired) electrons. The van der Waals surface area contributed by atoms with Crippen molar-refractivity contribution >= 4 is 11.8 Å². The predicted molar refractivity (Wildman–Crippen MR) is 136 cm³/mol. The number of nitriles is 1. The van der Waals surface area contributed by atoms with Crippen molar-refractivity contribution in [2.24, 2.45) is 0 Å². The summed E-state index contributed by atoms with van der Waals surface area (Å²) in [5, 5.41) is 12.1. The summed E-state index contributed by atoms with van der Waals surface area (Å²) in [6.45, 7) is 1.01. The zero-order valence-electron chi connectivity index (χ0n) is 20.8. The number of fused-ring (bicyclic) bond motifs is 8. The molecule has 8 nitrogen and oxygen atoms in total. The molecule has 9 heteroatoms. The van der Waals surface area contributed by atoms with Gasteiger partial charge in [-0.3, -0.25) is 9.59 Å². The first kappa shape index (κ1) is 25.1. The highest BCUT2D eigenvalue weighted by molar-refractivity contribution is 5.95. The van der Waals surface area contributed by atoms with Crippen molar-refractivity contribution < 1.29 is 28.2 Å². The summed E-state index contributed by atoms with van der Waals surface area (Å²) >= 11 is 0. The number of carbonyl (C=O) groups excluding carboxylic acids is 2. The third kappa shape index (κ3) is 5.11. The topological polar surface area (TPSA) is 101 Å². The number of carbonyl (C=O) groups is 2. The van der Waals surface area contributed by atoms with Gasteiger partial charge in [-0.25, -0.2) is 4.39 Å². The molecule has 0 saturated heterocycles. The number of benzene rings is 3. The van der Waals surface area contributed by atoms with Crippen molar-refractivity contribution in [3.8, 4) is 23.3 Å². The second-order valence-corrected chi connectivity index (χ2v) is 9.11. The minimum absolute atomic E-state index is 0.0756. The van der Waals surface area contributed by atoms with Gasteiger partial charge in [-0.1, -0.05) is 12.1 Å². The molecule has 194 valence electrons. The second kappa shape index (κ2) is 10.8. The highest BCUT2D eigenvalue weighted by atomic mass is 19.1. The van der Waals surface area contributed by atoms with Crippen molar-refractivity contribution in [3.63, 3.8) is 0 Å². The predicted octanol–water partition coefficient (Wildman–Crippen LogP) is 3.77. The van der Waals surface area contributed by atoms with E-state index in [1.165, 1.54) is 13.2 Å². The van der Waals surface area contributed by atoms with Crippen molar-refractivity contribution in [2.75, 3.05) is 33.4 Å². The summed E-state index contributed by atoms with van der Waals surface area (Å²) in [7, 11) is 1.51. The van der Waals surface area contributed by atoms with Gasteiger partial charge >= 0.3 is 0 Å². The average molecular weight is 516 g/mol. The van der Waals surface area contributed by atoms with Crippen LogP contribution in [0.25, 0.3) is 0 Å². The summed E-state index contributed by atoms with van der Waals surface area (Å²) < 4.78 is 31.6. The van der Waals surface area contributed by atoms with E-state index in [0.717, 1.165) is 28.8 Å². The molecular weight excluding hydrogens is 489 g/mol. The van der Waals surface area contributed by atoms with Gasteiger partial charge < -0.3 is 24.4 Å². The number of nitrogens with zero attached hydrogens (tertiary/aromatic N) is 2. The largest absolute Gasteiger partial charge is 0.494 e. The quantitative estimate of drug-likeness (QED) is 0.558. The van der Waals surface area contributed by atoms with E-state index in [4.69, 9.17) is 14.2 Å². The van der Waals surface area contributed by atoms with Crippen LogP contribution < -0.4 is 19.5 Å². The number of halogens is 1. The van der Waals surface area contributed by atoms with Crippen molar-refractivity contribution in [2.45, 2.75) is 18.9 Å². The smallest absolute Gasteiger partial charge is 0.257 e. The molecule has 1 N–H and O–H groups in total. The van der Waals surface area contributed by atoms with Crippen LogP contribution in [0.2, 0.25) is 0 Å². The van der Waals surface area contributed by atoms with E-state index in [1.807, 2.05) is 42.5 Å². The fraction of sp³-hybridized carbons (Fsp3) is 0.276. The van der Waals surface area contributed by atoms with Gasteiger partial charge in [-0.15, -0.1) is 0 Å². The maximum absolute atomic E-state index is 14.3. The normalized spacial score (nSPS) is 17.0. The Morgan fingerprint density at radius 1 is 1.18 bits per heavy atom. The van der Waals surface area contributed by atoms with Crippen LogP contribution in [-0.2, 0) is 11.2 Å². The minimum Gasteiger partial charge on any atom is -0.494 e. The van der Waals surface area contributed by atoms with E-state index in [1.54, 1.807) is 4.90 Å². The van der Waals surface area contributed by atoms with Gasteiger partial charge in [0.25, 0.3) is 11.8 Å². The van der Waals surface area contributed by atoms with Crippen molar-refractivity contribution in [1.29, 1.82) is 5.26 Å². The van der Waals surface area contributed by atoms with Gasteiger partial charge in [0.05, 0.1) is 31.4 Å². The van der Waals surface area contributed by atoms with Gasteiger partial charge in [-0.05, 0) is 72.0 Å². The average Bonchev–Trinajstić information content (AvgIpc) is 2.93. The van der Waals surface area contributed by atoms with Crippen molar-refractivity contribution in [3.05, 3.63) is 88.2 Å². The van der Waals surface area contributed by atoms with Gasteiger partial charge in [0.1, 0.15) is 11.6 Å². The molecule has 0 aromatic heterocycles. The van der Waals surface area contributed by atoms with Gasteiger partial charge in [-0.2, -0.15) is 5.26 Å². The zero-order chi connectivity index (χ0) is 26.6. The number of hydrogen-bond acceptors (Lipinski definition) is 6. The fourth-order valence-electron chi connectivity index (χ4n) is 4.88. The Bertz CT molecular complexity index is 1430. The third-order valence-electron chi connectivity index (χ3n) is 6.63. The van der Waals surface area contributed by atoms with Crippen LogP contribution in [0, 0.1) is 17.1 Å². The van der Waals surface area contributed by atoms with E-state index in [-0.39, 0.29) is 23.6 Å². The summed E-state index contributed by atoms with van der Waals surface area (Å²) in [6, 6.07) is 16.2. The molecule has 0 aliphatic carbocycles. The van der Waals surface area contributed by atoms with Gasteiger partial charge in [0, 0.05) is 18.7 Å². The van der Waals surface area contributed by atoms with E-state index in [2.05, 4.69) is 5.32 Å². The van der Waals surface area contributed by atoms with Crippen LogP contribution in [0.15, 0.2) is 54.6 Å². The zero-order valence-corrected chi connectivity index (χ0v) is 20.8. The Kier molecular flexibility index (Phi) is 7.13. The second-order valence-electron chi connectivity index (χ2n) is 9.11. The lowest BCUT2D eigenvalue weighted by Gasteiger charge is -2.38. The van der Waals surface area contributed by atoms with Crippen LogP contribution in [0.4, 0.5) is 4.39 Å². The Balaban J connectivity index is 1.64. The molecule has 3 heterocycles. The first-order chi connectivity index (χ1) is 18.5. The third-order valence-corrected chi connectivity index (χ3v) is 6.63. The number of hydrogen-bond donors (Lipinski definition) is 1. The molecule has 0 saturated carbocycles. The molecule has 0 spiro atoms. The van der Waals surface area contributed by atoms with Crippen LogP contribution in [0.5, 0.6) is 17.2 Å². The molecule has 1 unspecified atom stereocenters. The summed E-state index contributed by atoms with van der Waals surface area (Å²) in [5.41, 5.74) is 2.74. The maximum atomic E-state index is 14.3. The highest BCUT2D eigenvalue weighted by Crippen LogP contribution is 2.42. The maximum Gasteiger partial charge on any atom is 0.257 e. The molecule has 6 rings (SSSR count). The van der Waals surface area contributed by atoms with Crippen molar-refractivity contribution in [1.82, 2.24) is 10.2 Å². The lowest BCUT2D eigenvalue weighted by Crippen LogP contribution is -2.40. The number of ether oxygens (including phenoxy) is 3. The number of rotatable bonds is 2.